The number of amides is 1. The molecule has 0 spiro atoms. The number of H-pyrrole nitrogens is 1. The molecule has 2 aromatic heterocycles. The molecule has 0 radical (unpaired) electrons. The number of piperidine rings is 1. The molecular formula is C30H37F2N5O2. The Kier molecular flexibility index (Phi) is 7.09. The smallest absolute Gasteiger partial charge is 0.219 e. The van der Waals surface area contributed by atoms with Gasteiger partial charge in [-0.1, -0.05) is 20.8 Å². The summed E-state index contributed by atoms with van der Waals surface area (Å²) in [5.41, 5.74) is 0.657. The number of aromatic amines is 1. The first-order valence-corrected chi connectivity index (χ1v) is 13.6. The molecule has 0 unspecified atom stereocenters. The lowest BCUT2D eigenvalue weighted by Crippen LogP contribution is -2.63. The summed E-state index contributed by atoms with van der Waals surface area (Å²) in [5.74, 6) is -1.28. The molecule has 2 aliphatic heterocycles. The van der Waals surface area contributed by atoms with E-state index in [0.29, 0.717) is 43.0 Å². The molecule has 2 saturated heterocycles. The van der Waals surface area contributed by atoms with Crippen molar-refractivity contribution in [3.63, 3.8) is 0 Å². The van der Waals surface area contributed by atoms with Gasteiger partial charge in [-0.15, -0.1) is 0 Å². The molecule has 4 heterocycles. The minimum atomic E-state index is -1.68. The van der Waals surface area contributed by atoms with Crippen LogP contribution in [0.5, 0.6) is 0 Å². The van der Waals surface area contributed by atoms with Gasteiger partial charge in [0.2, 0.25) is 5.91 Å². The third kappa shape index (κ3) is 4.76. The quantitative estimate of drug-likeness (QED) is 0.473. The number of rotatable bonds is 6. The van der Waals surface area contributed by atoms with E-state index in [4.69, 9.17) is 0 Å². The summed E-state index contributed by atoms with van der Waals surface area (Å²) >= 11 is 0. The first-order valence-electron chi connectivity index (χ1n) is 13.6. The molecule has 9 heteroatoms. The SMILES string of the molecule is CC(=O)N1CCC(c2cc(-c3cncc([C@@](O)(c4cc(F)c(C(C)C)c(F)c4)C4(C)CN(C)C4)c3)n[nH]2)CC1. The van der Waals surface area contributed by atoms with E-state index in [9.17, 15) is 9.90 Å². The Hall–Kier alpha value is -3.17. The molecule has 208 valence electrons. The summed E-state index contributed by atoms with van der Waals surface area (Å²) in [4.78, 5) is 20.0. The molecule has 0 aliphatic carbocycles. The van der Waals surface area contributed by atoms with Crippen LogP contribution in [-0.2, 0) is 10.4 Å². The van der Waals surface area contributed by atoms with Crippen LogP contribution >= 0.6 is 0 Å². The molecular weight excluding hydrogens is 500 g/mol. The van der Waals surface area contributed by atoms with Crippen molar-refractivity contribution in [2.45, 2.75) is 58.0 Å². The predicted octanol–water partition coefficient (Wildman–Crippen LogP) is 4.79. The number of aliphatic hydroxyl groups is 1. The van der Waals surface area contributed by atoms with Gasteiger partial charge in [-0.05, 0) is 55.6 Å². The molecule has 5 rings (SSSR count). The topological polar surface area (TPSA) is 85.3 Å². The Balaban J connectivity index is 1.51. The number of hydrogen-bond donors (Lipinski definition) is 2. The number of aromatic nitrogens is 3. The largest absolute Gasteiger partial charge is 0.380 e. The van der Waals surface area contributed by atoms with Crippen LogP contribution in [-0.4, -0.2) is 69.2 Å². The minimum absolute atomic E-state index is 0.0158. The van der Waals surface area contributed by atoms with Crippen molar-refractivity contribution in [2.75, 3.05) is 33.2 Å². The highest BCUT2D eigenvalue weighted by Gasteiger charge is 2.55. The van der Waals surface area contributed by atoms with E-state index >= 15 is 8.78 Å². The zero-order valence-electron chi connectivity index (χ0n) is 23.3. The zero-order valence-corrected chi connectivity index (χ0v) is 23.3. The fourth-order valence-electron chi connectivity index (χ4n) is 6.56. The first-order chi connectivity index (χ1) is 18.4. The normalized spacial score (nSPS) is 19.7. The molecule has 2 N–H and O–H groups in total. The second kappa shape index (κ2) is 10.1. The van der Waals surface area contributed by atoms with Crippen molar-refractivity contribution in [3.8, 4) is 11.3 Å². The van der Waals surface area contributed by atoms with Gasteiger partial charge >= 0.3 is 0 Å². The number of halogens is 2. The van der Waals surface area contributed by atoms with Crippen LogP contribution in [0.2, 0.25) is 0 Å². The summed E-state index contributed by atoms with van der Waals surface area (Å²) in [7, 11) is 1.95. The Morgan fingerprint density at radius 3 is 2.31 bits per heavy atom. The van der Waals surface area contributed by atoms with Gasteiger partial charge in [-0.2, -0.15) is 5.10 Å². The Morgan fingerprint density at radius 2 is 1.74 bits per heavy atom. The average Bonchev–Trinajstić information content (AvgIpc) is 3.37. The number of nitrogens with zero attached hydrogens (tertiary/aromatic N) is 4. The lowest BCUT2D eigenvalue weighted by atomic mass is 9.62. The van der Waals surface area contributed by atoms with Crippen LogP contribution in [0.3, 0.4) is 0 Å². The monoisotopic (exact) mass is 537 g/mol. The number of likely N-dealkylation sites (tertiary alicyclic amines) is 2. The van der Waals surface area contributed by atoms with Gasteiger partial charge in [0.15, 0.2) is 0 Å². The molecule has 7 nitrogen and oxygen atoms in total. The maximum absolute atomic E-state index is 15.2. The highest BCUT2D eigenvalue weighted by atomic mass is 19.1. The van der Waals surface area contributed by atoms with Gasteiger partial charge in [0, 0.05) is 79.2 Å². The van der Waals surface area contributed by atoms with Crippen LogP contribution in [0.4, 0.5) is 8.78 Å². The fraction of sp³-hybridized carbons (Fsp3) is 0.500. The lowest BCUT2D eigenvalue weighted by Gasteiger charge is -2.55. The van der Waals surface area contributed by atoms with Crippen molar-refractivity contribution >= 4 is 5.91 Å². The van der Waals surface area contributed by atoms with Gasteiger partial charge in [-0.3, -0.25) is 14.9 Å². The summed E-state index contributed by atoms with van der Waals surface area (Å²) in [5, 5.41) is 20.1. The summed E-state index contributed by atoms with van der Waals surface area (Å²) in [6.07, 6.45) is 4.97. The van der Waals surface area contributed by atoms with E-state index in [1.54, 1.807) is 33.2 Å². The summed E-state index contributed by atoms with van der Waals surface area (Å²) in [6, 6.07) is 6.36. The van der Waals surface area contributed by atoms with Crippen molar-refractivity contribution in [1.82, 2.24) is 25.0 Å². The van der Waals surface area contributed by atoms with E-state index in [1.165, 1.54) is 12.1 Å². The maximum Gasteiger partial charge on any atom is 0.219 e. The summed E-state index contributed by atoms with van der Waals surface area (Å²) < 4.78 is 30.3. The molecule has 3 aromatic rings. The number of benzene rings is 1. The molecule has 1 atom stereocenters. The second-order valence-electron chi connectivity index (χ2n) is 11.9. The minimum Gasteiger partial charge on any atom is -0.380 e. The Bertz CT molecular complexity index is 1350. The van der Waals surface area contributed by atoms with Gasteiger partial charge in [-0.25, -0.2) is 8.78 Å². The van der Waals surface area contributed by atoms with Crippen LogP contribution in [0.1, 0.15) is 74.8 Å². The van der Waals surface area contributed by atoms with E-state index in [2.05, 4.69) is 20.1 Å². The zero-order chi connectivity index (χ0) is 28.1. The molecule has 1 aromatic carbocycles. The van der Waals surface area contributed by atoms with E-state index in [1.807, 2.05) is 31.0 Å². The van der Waals surface area contributed by atoms with Gasteiger partial charge in [0.25, 0.3) is 0 Å². The fourth-order valence-corrected chi connectivity index (χ4v) is 6.56. The van der Waals surface area contributed by atoms with Crippen LogP contribution in [0.25, 0.3) is 11.3 Å². The number of carbonyl (C=O) groups excluding carboxylic acids is 1. The number of carbonyl (C=O) groups is 1. The molecule has 0 bridgehead atoms. The van der Waals surface area contributed by atoms with Crippen LogP contribution in [0.15, 0.2) is 36.7 Å². The van der Waals surface area contributed by atoms with E-state index in [-0.39, 0.29) is 28.9 Å². The van der Waals surface area contributed by atoms with Gasteiger partial charge in [0.1, 0.15) is 17.2 Å². The van der Waals surface area contributed by atoms with Gasteiger partial charge < -0.3 is 14.9 Å². The highest BCUT2D eigenvalue weighted by molar-refractivity contribution is 5.73. The first kappa shape index (κ1) is 27.4. The number of pyridine rings is 1. The van der Waals surface area contributed by atoms with Crippen molar-refractivity contribution in [3.05, 3.63) is 70.7 Å². The molecule has 2 aliphatic rings. The molecule has 2 fully saturated rings. The van der Waals surface area contributed by atoms with Crippen molar-refractivity contribution in [2.24, 2.45) is 5.41 Å². The maximum atomic E-state index is 15.2. The van der Waals surface area contributed by atoms with E-state index in [0.717, 1.165) is 18.5 Å². The second-order valence-corrected chi connectivity index (χ2v) is 11.9. The standard InChI is InChI=1S/C30H37F2N5O2/c1-18(2)28-24(31)11-22(12-25(28)32)30(39,29(4)16-36(5)17-29)23-10-21(14-33-15-23)27-13-26(34-35-27)20-6-8-37(9-7-20)19(3)38/h10-15,18,20,39H,6-9,16-17H2,1-5H3,(H,34,35)/t30-/m0/s1. The van der Waals surface area contributed by atoms with E-state index < -0.39 is 22.7 Å². The highest BCUT2D eigenvalue weighted by Crippen LogP contribution is 2.51. The molecule has 0 saturated carbocycles. The summed E-state index contributed by atoms with van der Waals surface area (Å²) in [6.45, 7) is 9.55. The average molecular weight is 538 g/mol. The number of nitrogens with one attached hydrogen (secondary N) is 1. The lowest BCUT2D eigenvalue weighted by molar-refractivity contribution is -0.129. The Labute approximate surface area is 228 Å². The number of hydrogen-bond acceptors (Lipinski definition) is 5. The van der Waals surface area contributed by atoms with Crippen LogP contribution in [0, 0.1) is 17.0 Å². The predicted molar refractivity (Wildman–Crippen MR) is 145 cm³/mol. The van der Waals surface area contributed by atoms with Crippen LogP contribution < -0.4 is 0 Å². The Morgan fingerprint density at radius 1 is 1.10 bits per heavy atom. The molecule has 39 heavy (non-hydrogen) atoms. The molecule has 1 amide bonds. The third-order valence-electron chi connectivity index (χ3n) is 8.62. The van der Waals surface area contributed by atoms with Gasteiger partial charge in [0.05, 0.1) is 5.69 Å². The van der Waals surface area contributed by atoms with Crippen molar-refractivity contribution < 1.29 is 18.7 Å². The van der Waals surface area contributed by atoms with Crippen molar-refractivity contribution in [1.29, 1.82) is 0 Å². The third-order valence-corrected chi connectivity index (χ3v) is 8.62.